The van der Waals surface area contributed by atoms with Gasteiger partial charge in [0.1, 0.15) is 0 Å². The number of anilines is 1. The molecule has 136 valence electrons. The molecule has 7 heteroatoms. The molecule has 2 heterocycles. The van der Waals surface area contributed by atoms with E-state index in [0.29, 0.717) is 38.7 Å². The molecule has 2 amide bonds. The van der Waals surface area contributed by atoms with Gasteiger partial charge in [-0.2, -0.15) is 0 Å². The van der Waals surface area contributed by atoms with E-state index < -0.39 is 11.8 Å². The van der Waals surface area contributed by atoms with Gasteiger partial charge in [0, 0.05) is 45.1 Å². The Balaban J connectivity index is 1.38. The molecular weight excluding hydrogens is 330 g/mol. The highest BCUT2D eigenvalue weighted by atomic mass is 16.2. The number of aryl methyl sites for hydroxylation is 1. The van der Waals surface area contributed by atoms with Gasteiger partial charge in [0.15, 0.2) is 0 Å². The number of hydrogen-bond acceptors (Lipinski definition) is 5. The molecule has 0 spiro atoms. The number of piperazine rings is 1. The molecule has 1 aromatic heterocycles. The lowest BCUT2D eigenvalue weighted by Gasteiger charge is -2.34. The van der Waals surface area contributed by atoms with Gasteiger partial charge in [0.05, 0.1) is 0 Å². The summed E-state index contributed by atoms with van der Waals surface area (Å²) >= 11 is 0. The zero-order valence-electron chi connectivity index (χ0n) is 14.7. The van der Waals surface area contributed by atoms with Crippen LogP contribution in [0.2, 0.25) is 0 Å². The third-order valence-corrected chi connectivity index (χ3v) is 4.37. The Labute approximate surface area is 153 Å². The van der Waals surface area contributed by atoms with Gasteiger partial charge in [-0.3, -0.25) is 9.59 Å². The van der Waals surface area contributed by atoms with Crippen LogP contribution in [0.25, 0.3) is 0 Å². The van der Waals surface area contributed by atoms with Crippen molar-refractivity contribution in [3.63, 3.8) is 0 Å². The summed E-state index contributed by atoms with van der Waals surface area (Å²) in [6.07, 6.45) is 5.08. The van der Waals surface area contributed by atoms with E-state index in [1.54, 1.807) is 23.4 Å². The Hall–Kier alpha value is -2.96. The van der Waals surface area contributed by atoms with Crippen LogP contribution in [0.5, 0.6) is 0 Å². The molecular formula is C19H23N5O2. The largest absolute Gasteiger partial charge is 0.348 e. The van der Waals surface area contributed by atoms with Crippen LogP contribution in [-0.4, -0.2) is 59.4 Å². The van der Waals surface area contributed by atoms with Crippen LogP contribution in [0.4, 0.5) is 5.95 Å². The third kappa shape index (κ3) is 4.78. The van der Waals surface area contributed by atoms with Crippen molar-refractivity contribution in [3.05, 3.63) is 54.4 Å². The van der Waals surface area contributed by atoms with Crippen molar-refractivity contribution in [2.75, 3.05) is 37.6 Å². The number of benzene rings is 1. The van der Waals surface area contributed by atoms with Gasteiger partial charge in [-0.1, -0.05) is 30.3 Å². The Morgan fingerprint density at radius 2 is 1.65 bits per heavy atom. The molecule has 1 fully saturated rings. The lowest BCUT2D eigenvalue weighted by molar-refractivity contribution is -0.146. The minimum Gasteiger partial charge on any atom is -0.348 e. The first-order valence-corrected chi connectivity index (χ1v) is 8.87. The van der Waals surface area contributed by atoms with Crippen molar-refractivity contribution in [2.24, 2.45) is 0 Å². The molecule has 0 aliphatic carbocycles. The molecule has 26 heavy (non-hydrogen) atoms. The molecule has 1 aliphatic rings. The smallest absolute Gasteiger partial charge is 0.312 e. The van der Waals surface area contributed by atoms with E-state index in [1.807, 2.05) is 23.1 Å². The van der Waals surface area contributed by atoms with E-state index in [1.165, 1.54) is 5.56 Å². The van der Waals surface area contributed by atoms with Crippen LogP contribution in [0.15, 0.2) is 48.8 Å². The van der Waals surface area contributed by atoms with Crippen LogP contribution in [0.3, 0.4) is 0 Å². The molecule has 0 bridgehead atoms. The summed E-state index contributed by atoms with van der Waals surface area (Å²) in [4.78, 5) is 36.4. The minimum atomic E-state index is -0.525. The first-order chi connectivity index (χ1) is 12.7. The number of carbonyl (C=O) groups is 2. The van der Waals surface area contributed by atoms with Crippen LogP contribution >= 0.6 is 0 Å². The Kier molecular flexibility index (Phi) is 6.14. The average molecular weight is 353 g/mol. The van der Waals surface area contributed by atoms with Crippen molar-refractivity contribution in [1.82, 2.24) is 20.2 Å². The topological polar surface area (TPSA) is 78.4 Å². The van der Waals surface area contributed by atoms with Crippen LogP contribution in [0, 0.1) is 0 Å². The highest BCUT2D eigenvalue weighted by Crippen LogP contribution is 2.09. The van der Waals surface area contributed by atoms with Gasteiger partial charge in [-0.15, -0.1) is 0 Å². The predicted octanol–water partition coefficient (Wildman–Crippen LogP) is 0.874. The number of aromatic nitrogens is 2. The number of nitrogens with one attached hydrogen (secondary N) is 1. The van der Waals surface area contributed by atoms with E-state index in [-0.39, 0.29) is 0 Å². The fourth-order valence-electron chi connectivity index (χ4n) is 2.92. The average Bonchev–Trinajstić information content (AvgIpc) is 2.72. The molecule has 0 atom stereocenters. The SMILES string of the molecule is O=C(NCCCc1ccccc1)C(=O)N1CCN(c2ncccn2)CC1. The van der Waals surface area contributed by atoms with Gasteiger partial charge < -0.3 is 15.1 Å². The minimum absolute atomic E-state index is 0.460. The molecule has 0 saturated carbocycles. The standard InChI is InChI=1S/C19H23N5O2/c25-17(20-9-4-8-16-6-2-1-3-7-16)18(26)23-12-14-24(15-13-23)19-21-10-5-11-22-19/h1-3,5-7,10-11H,4,8-9,12-15H2,(H,20,25). The molecule has 1 aromatic carbocycles. The van der Waals surface area contributed by atoms with Crippen molar-refractivity contribution in [3.8, 4) is 0 Å². The number of hydrogen-bond donors (Lipinski definition) is 1. The second-order valence-electron chi connectivity index (χ2n) is 6.17. The summed E-state index contributed by atoms with van der Waals surface area (Å²) in [5.74, 6) is -0.328. The summed E-state index contributed by atoms with van der Waals surface area (Å²) < 4.78 is 0. The van der Waals surface area contributed by atoms with Gasteiger partial charge in [0.2, 0.25) is 5.95 Å². The van der Waals surface area contributed by atoms with Gasteiger partial charge in [0.25, 0.3) is 0 Å². The summed E-state index contributed by atoms with van der Waals surface area (Å²) in [5.41, 5.74) is 1.23. The fraction of sp³-hybridized carbons (Fsp3) is 0.368. The number of carbonyl (C=O) groups excluding carboxylic acids is 2. The lowest BCUT2D eigenvalue weighted by atomic mass is 10.1. The van der Waals surface area contributed by atoms with Gasteiger partial charge in [-0.05, 0) is 24.5 Å². The van der Waals surface area contributed by atoms with Crippen molar-refractivity contribution in [1.29, 1.82) is 0 Å². The first-order valence-electron chi connectivity index (χ1n) is 8.87. The predicted molar refractivity (Wildman–Crippen MR) is 98.6 cm³/mol. The van der Waals surface area contributed by atoms with E-state index >= 15 is 0 Å². The maximum Gasteiger partial charge on any atom is 0.312 e. The van der Waals surface area contributed by atoms with Gasteiger partial charge in [-0.25, -0.2) is 9.97 Å². The van der Waals surface area contributed by atoms with E-state index in [2.05, 4.69) is 27.4 Å². The number of nitrogens with zero attached hydrogens (tertiary/aromatic N) is 4. The number of amides is 2. The lowest BCUT2D eigenvalue weighted by Crippen LogP contribution is -2.53. The quantitative estimate of drug-likeness (QED) is 0.638. The summed E-state index contributed by atoms with van der Waals surface area (Å²) in [5, 5.41) is 2.72. The third-order valence-electron chi connectivity index (χ3n) is 4.37. The zero-order valence-corrected chi connectivity index (χ0v) is 14.7. The second kappa shape index (κ2) is 8.94. The molecule has 0 unspecified atom stereocenters. The van der Waals surface area contributed by atoms with Crippen LogP contribution < -0.4 is 10.2 Å². The fourth-order valence-corrected chi connectivity index (χ4v) is 2.92. The van der Waals surface area contributed by atoms with E-state index in [0.717, 1.165) is 12.8 Å². The maximum atomic E-state index is 12.3. The number of rotatable bonds is 5. The van der Waals surface area contributed by atoms with E-state index in [9.17, 15) is 9.59 Å². The van der Waals surface area contributed by atoms with Crippen LogP contribution in [0.1, 0.15) is 12.0 Å². The molecule has 0 radical (unpaired) electrons. The van der Waals surface area contributed by atoms with E-state index in [4.69, 9.17) is 0 Å². The van der Waals surface area contributed by atoms with Crippen molar-refractivity contribution < 1.29 is 9.59 Å². The Bertz CT molecular complexity index is 715. The maximum absolute atomic E-state index is 12.3. The Morgan fingerprint density at radius 1 is 0.962 bits per heavy atom. The molecule has 1 aliphatic heterocycles. The molecule has 2 aromatic rings. The molecule has 1 N–H and O–H groups in total. The first kappa shape index (κ1) is 17.8. The summed E-state index contributed by atoms with van der Waals surface area (Å²) in [6.45, 7) is 2.73. The highest BCUT2D eigenvalue weighted by molar-refractivity contribution is 6.35. The van der Waals surface area contributed by atoms with Crippen molar-refractivity contribution >= 4 is 17.8 Å². The molecule has 1 saturated heterocycles. The summed E-state index contributed by atoms with van der Waals surface area (Å²) in [7, 11) is 0. The Morgan fingerprint density at radius 3 is 2.35 bits per heavy atom. The van der Waals surface area contributed by atoms with Gasteiger partial charge >= 0.3 is 11.8 Å². The zero-order chi connectivity index (χ0) is 18.2. The van der Waals surface area contributed by atoms with Crippen LogP contribution in [-0.2, 0) is 16.0 Å². The monoisotopic (exact) mass is 353 g/mol. The molecule has 7 nitrogen and oxygen atoms in total. The summed E-state index contributed by atoms with van der Waals surface area (Å²) in [6, 6.07) is 11.9. The second-order valence-corrected chi connectivity index (χ2v) is 6.17. The van der Waals surface area contributed by atoms with Crippen molar-refractivity contribution in [2.45, 2.75) is 12.8 Å². The normalized spacial score (nSPS) is 14.2. The highest BCUT2D eigenvalue weighted by Gasteiger charge is 2.26. The molecule has 3 rings (SSSR count).